The van der Waals surface area contributed by atoms with Gasteiger partial charge in [-0.25, -0.2) is 9.97 Å². The molecule has 0 atom stereocenters. The summed E-state index contributed by atoms with van der Waals surface area (Å²) in [7, 11) is 5.43. The van der Waals surface area contributed by atoms with Gasteiger partial charge in [-0.3, -0.25) is 4.79 Å². The summed E-state index contributed by atoms with van der Waals surface area (Å²) in [5, 5.41) is 0. The highest BCUT2D eigenvalue weighted by atomic mass is 16.5. The minimum Gasteiger partial charge on any atom is -0.492 e. The molecule has 1 aromatic carbocycles. The van der Waals surface area contributed by atoms with E-state index in [0.29, 0.717) is 24.7 Å². The first-order chi connectivity index (χ1) is 10.6. The average molecular weight is 300 g/mol. The molecule has 6 nitrogen and oxygen atoms in total. The fourth-order valence-electron chi connectivity index (χ4n) is 1.80. The highest BCUT2D eigenvalue weighted by Gasteiger charge is 2.13. The molecule has 1 amide bonds. The molecular formula is C16H20N4O2. The molecule has 0 fully saturated rings. The number of anilines is 1. The van der Waals surface area contributed by atoms with Gasteiger partial charge in [-0.1, -0.05) is 18.2 Å². The number of aromatic nitrogens is 2. The molecule has 1 aromatic heterocycles. The van der Waals surface area contributed by atoms with E-state index in [1.807, 2.05) is 44.4 Å². The van der Waals surface area contributed by atoms with E-state index in [2.05, 4.69) is 9.97 Å². The lowest BCUT2D eigenvalue weighted by Gasteiger charge is -2.17. The van der Waals surface area contributed by atoms with Gasteiger partial charge >= 0.3 is 0 Å². The Balaban J connectivity index is 1.86. The molecular weight excluding hydrogens is 280 g/mol. The molecule has 0 aliphatic rings. The molecule has 116 valence electrons. The third-order valence-electron chi connectivity index (χ3n) is 3.07. The topological polar surface area (TPSA) is 58.6 Å². The maximum absolute atomic E-state index is 12.2. The summed E-state index contributed by atoms with van der Waals surface area (Å²) in [4.78, 5) is 23.9. The maximum Gasteiger partial charge on any atom is 0.256 e. The number of rotatable bonds is 6. The first kappa shape index (κ1) is 15.8. The molecule has 0 radical (unpaired) electrons. The van der Waals surface area contributed by atoms with E-state index in [9.17, 15) is 4.79 Å². The van der Waals surface area contributed by atoms with Crippen LogP contribution < -0.4 is 9.64 Å². The second-order valence-corrected chi connectivity index (χ2v) is 5.05. The molecule has 0 bridgehead atoms. The van der Waals surface area contributed by atoms with E-state index in [-0.39, 0.29) is 5.91 Å². The first-order valence-corrected chi connectivity index (χ1v) is 7.00. The van der Waals surface area contributed by atoms with Crippen molar-refractivity contribution in [1.29, 1.82) is 0 Å². The quantitative estimate of drug-likeness (QED) is 0.812. The van der Waals surface area contributed by atoms with Gasteiger partial charge in [0.1, 0.15) is 12.4 Å². The predicted octanol–water partition coefficient (Wildman–Crippen LogP) is 1.69. The number of carbonyl (C=O) groups excluding carboxylic acids is 1. The molecule has 0 unspecified atom stereocenters. The van der Waals surface area contributed by atoms with Gasteiger partial charge < -0.3 is 14.5 Å². The van der Waals surface area contributed by atoms with E-state index in [1.165, 1.54) is 0 Å². The van der Waals surface area contributed by atoms with E-state index in [4.69, 9.17) is 4.74 Å². The van der Waals surface area contributed by atoms with E-state index in [0.717, 1.165) is 5.75 Å². The van der Waals surface area contributed by atoms with Crippen molar-refractivity contribution in [1.82, 2.24) is 14.9 Å². The van der Waals surface area contributed by atoms with Crippen LogP contribution in [0.4, 0.5) is 5.95 Å². The fourth-order valence-corrected chi connectivity index (χ4v) is 1.80. The molecule has 0 spiro atoms. The van der Waals surface area contributed by atoms with Crippen LogP contribution in [0.2, 0.25) is 0 Å². The lowest BCUT2D eigenvalue weighted by Crippen LogP contribution is -2.31. The van der Waals surface area contributed by atoms with Crippen molar-refractivity contribution in [3.05, 3.63) is 48.3 Å². The van der Waals surface area contributed by atoms with Crippen LogP contribution in [0.15, 0.2) is 42.7 Å². The smallest absolute Gasteiger partial charge is 0.256 e. The summed E-state index contributed by atoms with van der Waals surface area (Å²) < 4.78 is 5.58. The molecule has 22 heavy (non-hydrogen) atoms. The van der Waals surface area contributed by atoms with Crippen molar-refractivity contribution in [2.24, 2.45) is 0 Å². The largest absolute Gasteiger partial charge is 0.492 e. The monoisotopic (exact) mass is 300 g/mol. The minimum atomic E-state index is -0.123. The number of amides is 1. The van der Waals surface area contributed by atoms with Gasteiger partial charge in [0.15, 0.2) is 0 Å². The highest BCUT2D eigenvalue weighted by molar-refractivity contribution is 5.93. The number of likely N-dealkylation sites (N-methyl/N-ethyl adjacent to an activating group) is 1. The van der Waals surface area contributed by atoms with Crippen molar-refractivity contribution in [3.63, 3.8) is 0 Å². The second-order valence-electron chi connectivity index (χ2n) is 5.05. The minimum absolute atomic E-state index is 0.123. The molecule has 0 aliphatic carbocycles. The van der Waals surface area contributed by atoms with Crippen molar-refractivity contribution in [3.8, 4) is 5.75 Å². The Morgan fingerprint density at radius 2 is 1.73 bits per heavy atom. The third kappa shape index (κ3) is 4.18. The van der Waals surface area contributed by atoms with Gasteiger partial charge in [0.2, 0.25) is 5.95 Å². The van der Waals surface area contributed by atoms with Crippen molar-refractivity contribution in [2.45, 2.75) is 0 Å². The number of hydrogen-bond acceptors (Lipinski definition) is 5. The zero-order valence-corrected chi connectivity index (χ0v) is 13.1. The Bertz CT molecular complexity index is 599. The zero-order valence-electron chi connectivity index (χ0n) is 13.1. The van der Waals surface area contributed by atoms with Crippen LogP contribution in [0, 0.1) is 0 Å². The summed E-state index contributed by atoms with van der Waals surface area (Å²) in [5.41, 5.74) is 0.466. The van der Waals surface area contributed by atoms with Crippen LogP contribution in [0.3, 0.4) is 0 Å². The Morgan fingerprint density at radius 3 is 2.32 bits per heavy atom. The third-order valence-corrected chi connectivity index (χ3v) is 3.07. The van der Waals surface area contributed by atoms with Crippen molar-refractivity contribution in [2.75, 3.05) is 39.2 Å². The van der Waals surface area contributed by atoms with E-state index in [1.54, 1.807) is 29.2 Å². The molecule has 1 heterocycles. The lowest BCUT2D eigenvalue weighted by molar-refractivity contribution is 0.0773. The van der Waals surface area contributed by atoms with Crippen LogP contribution in [0.1, 0.15) is 10.4 Å². The standard InChI is InChI=1S/C16H20N4O2/c1-19(2)16-17-11-13(12-18-16)15(21)20(3)9-10-22-14-7-5-4-6-8-14/h4-8,11-12H,9-10H2,1-3H3. The van der Waals surface area contributed by atoms with Crippen LogP contribution in [0.25, 0.3) is 0 Å². The van der Waals surface area contributed by atoms with Gasteiger partial charge in [-0.15, -0.1) is 0 Å². The molecule has 0 saturated carbocycles. The summed E-state index contributed by atoms with van der Waals surface area (Å²) in [5.74, 6) is 1.25. The fraction of sp³-hybridized carbons (Fsp3) is 0.312. The predicted molar refractivity (Wildman–Crippen MR) is 85.3 cm³/mol. The highest BCUT2D eigenvalue weighted by Crippen LogP contribution is 2.09. The van der Waals surface area contributed by atoms with Gasteiger partial charge in [0.05, 0.1) is 12.1 Å². The number of benzene rings is 1. The zero-order chi connectivity index (χ0) is 15.9. The number of para-hydroxylation sites is 1. The van der Waals surface area contributed by atoms with Gasteiger partial charge in [-0.2, -0.15) is 0 Å². The molecule has 2 aromatic rings. The van der Waals surface area contributed by atoms with E-state index < -0.39 is 0 Å². The van der Waals surface area contributed by atoms with Crippen molar-refractivity contribution >= 4 is 11.9 Å². The van der Waals surface area contributed by atoms with Crippen LogP contribution >= 0.6 is 0 Å². The molecule has 0 N–H and O–H groups in total. The molecule has 6 heteroatoms. The maximum atomic E-state index is 12.2. The van der Waals surface area contributed by atoms with Gasteiger partial charge in [-0.05, 0) is 12.1 Å². The lowest BCUT2D eigenvalue weighted by atomic mass is 10.3. The normalized spacial score (nSPS) is 10.1. The molecule has 2 rings (SSSR count). The van der Waals surface area contributed by atoms with Crippen LogP contribution in [0.5, 0.6) is 5.75 Å². The van der Waals surface area contributed by atoms with Crippen LogP contribution in [-0.4, -0.2) is 55.1 Å². The summed E-state index contributed by atoms with van der Waals surface area (Å²) >= 11 is 0. The summed E-state index contributed by atoms with van der Waals surface area (Å²) in [6, 6.07) is 9.52. The molecule has 0 saturated heterocycles. The summed E-state index contributed by atoms with van der Waals surface area (Å²) in [6.07, 6.45) is 3.08. The SMILES string of the molecule is CN(CCOc1ccccc1)C(=O)c1cnc(N(C)C)nc1. The summed E-state index contributed by atoms with van der Waals surface area (Å²) in [6.45, 7) is 0.923. The number of carbonyl (C=O) groups is 1. The Hall–Kier alpha value is -2.63. The molecule has 0 aliphatic heterocycles. The number of nitrogens with zero attached hydrogens (tertiary/aromatic N) is 4. The second kappa shape index (κ2) is 7.40. The average Bonchev–Trinajstić information content (AvgIpc) is 2.55. The number of ether oxygens (including phenoxy) is 1. The Labute approximate surface area is 130 Å². The Morgan fingerprint density at radius 1 is 1.09 bits per heavy atom. The Kier molecular flexibility index (Phi) is 5.30. The van der Waals surface area contributed by atoms with E-state index >= 15 is 0 Å². The van der Waals surface area contributed by atoms with Crippen LogP contribution in [-0.2, 0) is 0 Å². The van der Waals surface area contributed by atoms with Crippen molar-refractivity contribution < 1.29 is 9.53 Å². The van der Waals surface area contributed by atoms with Gasteiger partial charge in [0, 0.05) is 33.5 Å². The number of hydrogen-bond donors (Lipinski definition) is 0. The first-order valence-electron chi connectivity index (χ1n) is 7.00. The van der Waals surface area contributed by atoms with Gasteiger partial charge in [0.25, 0.3) is 5.91 Å².